The molecule has 2 aromatic carbocycles. The van der Waals surface area contributed by atoms with E-state index >= 15 is 0 Å². The van der Waals surface area contributed by atoms with E-state index in [4.69, 9.17) is 0 Å². The molecule has 0 aliphatic heterocycles. The zero-order chi connectivity index (χ0) is 17.6. The van der Waals surface area contributed by atoms with Crippen molar-refractivity contribution in [1.29, 1.82) is 0 Å². The molecule has 126 valence electrons. The number of aromatic amines is 1. The van der Waals surface area contributed by atoms with Gasteiger partial charge in [-0.25, -0.2) is 9.37 Å². The predicted octanol–water partition coefficient (Wildman–Crippen LogP) is 2.58. The summed E-state index contributed by atoms with van der Waals surface area (Å²) >= 11 is 0. The Bertz CT molecular complexity index is 894. The zero-order valence-corrected chi connectivity index (χ0v) is 13.1. The van der Waals surface area contributed by atoms with E-state index in [1.165, 1.54) is 18.2 Å². The van der Waals surface area contributed by atoms with Crippen LogP contribution in [0.15, 0.2) is 60.9 Å². The first-order valence-electron chi connectivity index (χ1n) is 7.55. The van der Waals surface area contributed by atoms with Crippen LogP contribution in [-0.2, 0) is 4.79 Å². The predicted molar refractivity (Wildman–Crippen MR) is 91.4 cm³/mol. The highest BCUT2D eigenvalue weighted by Crippen LogP contribution is 2.18. The second-order valence-corrected chi connectivity index (χ2v) is 5.26. The molecule has 0 saturated carbocycles. The molecule has 1 heterocycles. The van der Waals surface area contributed by atoms with Gasteiger partial charge in [0.1, 0.15) is 11.6 Å². The molecule has 0 aliphatic rings. The van der Waals surface area contributed by atoms with Crippen LogP contribution in [0.5, 0.6) is 0 Å². The number of nitrogens with zero attached hydrogens (tertiary/aromatic N) is 1. The van der Waals surface area contributed by atoms with Crippen LogP contribution >= 0.6 is 0 Å². The molecule has 3 rings (SSSR count). The van der Waals surface area contributed by atoms with Gasteiger partial charge in [-0.15, -0.1) is 0 Å². The summed E-state index contributed by atoms with van der Waals surface area (Å²) in [6.45, 7) is -0.222. The molecule has 0 unspecified atom stereocenters. The van der Waals surface area contributed by atoms with Crippen LogP contribution in [0.2, 0.25) is 0 Å². The molecule has 6 nitrogen and oxygen atoms in total. The largest absolute Gasteiger partial charge is 0.345 e. The molecular formula is C18H15FN4O2. The van der Waals surface area contributed by atoms with Gasteiger partial charge in [0.05, 0.1) is 6.54 Å². The van der Waals surface area contributed by atoms with Crippen molar-refractivity contribution in [3.8, 4) is 11.4 Å². The third-order valence-corrected chi connectivity index (χ3v) is 3.41. The number of anilines is 1. The lowest BCUT2D eigenvalue weighted by Gasteiger charge is -2.08. The average Bonchev–Trinajstić information content (AvgIpc) is 3.14. The lowest BCUT2D eigenvalue weighted by atomic mass is 10.2. The van der Waals surface area contributed by atoms with Gasteiger partial charge in [-0.3, -0.25) is 9.59 Å². The summed E-state index contributed by atoms with van der Waals surface area (Å²) in [4.78, 5) is 31.0. The molecule has 3 aromatic rings. The number of amides is 2. The van der Waals surface area contributed by atoms with Gasteiger partial charge >= 0.3 is 0 Å². The Balaban J connectivity index is 1.58. The molecular weight excluding hydrogens is 323 g/mol. The Hall–Kier alpha value is -3.48. The van der Waals surface area contributed by atoms with Crippen LogP contribution in [0.1, 0.15) is 10.4 Å². The number of carbonyl (C=O) groups excluding carboxylic acids is 2. The summed E-state index contributed by atoms with van der Waals surface area (Å²) in [5.41, 5.74) is 1.57. The number of H-pyrrole nitrogens is 1. The number of benzene rings is 2. The van der Waals surface area contributed by atoms with Gasteiger partial charge in [-0.1, -0.05) is 18.2 Å². The van der Waals surface area contributed by atoms with Crippen LogP contribution < -0.4 is 10.6 Å². The van der Waals surface area contributed by atoms with Gasteiger partial charge in [0.2, 0.25) is 5.91 Å². The van der Waals surface area contributed by atoms with E-state index in [9.17, 15) is 14.0 Å². The minimum absolute atomic E-state index is 0.160. The fourth-order valence-corrected chi connectivity index (χ4v) is 2.26. The minimum Gasteiger partial charge on any atom is -0.345 e. The molecule has 0 radical (unpaired) electrons. The molecule has 1 aromatic heterocycles. The van der Waals surface area contributed by atoms with Gasteiger partial charge in [0.15, 0.2) is 0 Å². The highest BCUT2D eigenvalue weighted by Gasteiger charge is 2.09. The molecule has 0 spiro atoms. The SMILES string of the molecule is O=C(CNC(=O)c1cccc(F)c1)Nc1cccc(-c2ncc[nH]2)c1. The third-order valence-electron chi connectivity index (χ3n) is 3.41. The lowest BCUT2D eigenvalue weighted by molar-refractivity contribution is -0.115. The molecule has 0 aliphatic carbocycles. The first-order valence-corrected chi connectivity index (χ1v) is 7.55. The quantitative estimate of drug-likeness (QED) is 0.668. The van der Waals surface area contributed by atoms with Crippen molar-refractivity contribution < 1.29 is 14.0 Å². The van der Waals surface area contributed by atoms with E-state index in [-0.39, 0.29) is 18.0 Å². The summed E-state index contributed by atoms with van der Waals surface area (Å²) in [6, 6.07) is 12.4. The van der Waals surface area contributed by atoms with Crippen molar-refractivity contribution in [3.63, 3.8) is 0 Å². The number of nitrogens with one attached hydrogen (secondary N) is 3. The minimum atomic E-state index is -0.515. The molecule has 25 heavy (non-hydrogen) atoms. The highest BCUT2D eigenvalue weighted by atomic mass is 19.1. The van der Waals surface area contributed by atoms with Crippen LogP contribution in [0.4, 0.5) is 10.1 Å². The summed E-state index contributed by atoms with van der Waals surface area (Å²) in [5, 5.41) is 5.15. The summed E-state index contributed by atoms with van der Waals surface area (Å²) in [5.74, 6) is -0.720. The Kier molecular flexibility index (Phi) is 4.84. The Morgan fingerprint density at radius 3 is 2.72 bits per heavy atom. The fraction of sp³-hybridized carbons (Fsp3) is 0.0556. The van der Waals surface area contributed by atoms with Crippen molar-refractivity contribution in [1.82, 2.24) is 15.3 Å². The number of carbonyl (C=O) groups is 2. The summed E-state index contributed by atoms with van der Waals surface area (Å²) in [6.07, 6.45) is 3.35. The van der Waals surface area contributed by atoms with Crippen LogP contribution in [-0.4, -0.2) is 28.3 Å². The summed E-state index contributed by atoms with van der Waals surface area (Å²) < 4.78 is 13.1. The van der Waals surface area contributed by atoms with Gasteiger partial charge in [-0.05, 0) is 30.3 Å². The van der Waals surface area contributed by atoms with E-state index in [2.05, 4.69) is 20.6 Å². The number of aromatic nitrogens is 2. The van der Waals surface area contributed by atoms with Gasteiger partial charge < -0.3 is 15.6 Å². The van der Waals surface area contributed by atoms with E-state index in [0.29, 0.717) is 11.5 Å². The molecule has 0 bridgehead atoms. The van der Waals surface area contributed by atoms with E-state index in [1.54, 1.807) is 30.6 Å². The van der Waals surface area contributed by atoms with E-state index < -0.39 is 11.7 Å². The third kappa shape index (κ3) is 4.29. The standard InChI is InChI=1S/C18H15FN4O2/c19-14-5-1-4-13(9-14)18(25)22-11-16(24)23-15-6-2-3-12(10-15)17-20-7-8-21-17/h1-10H,11H2,(H,20,21)(H,22,25)(H,23,24). The second-order valence-electron chi connectivity index (χ2n) is 5.26. The molecule has 7 heteroatoms. The number of imidazole rings is 1. The molecule has 0 saturated heterocycles. The van der Waals surface area contributed by atoms with E-state index in [0.717, 1.165) is 11.6 Å². The van der Waals surface area contributed by atoms with E-state index in [1.807, 2.05) is 6.07 Å². The topological polar surface area (TPSA) is 86.9 Å². The number of hydrogen-bond donors (Lipinski definition) is 3. The lowest BCUT2D eigenvalue weighted by Crippen LogP contribution is -2.32. The van der Waals surface area contributed by atoms with Crippen molar-refractivity contribution in [3.05, 3.63) is 72.3 Å². The first-order chi connectivity index (χ1) is 12.1. The van der Waals surface area contributed by atoms with Crippen LogP contribution in [0.25, 0.3) is 11.4 Å². The monoisotopic (exact) mass is 338 g/mol. The van der Waals surface area contributed by atoms with Crippen molar-refractivity contribution in [2.75, 3.05) is 11.9 Å². The van der Waals surface area contributed by atoms with Gasteiger partial charge in [0, 0.05) is 29.2 Å². The fourth-order valence-electron chi connectivity index (χ4n) is 2.26. The van der Waals surface area contributed by atoms with Crippen molar-refractivity contribution in [2.45, 2.75) is 0 Å². The zero-order valence-electron chi connectivity index (χ0n) is 13.1. The molecule has 0 fully saturated rings. The molecule has 0 atom stereocenters. The second kappa shape index (κ2) is 7.39. The van der Waals surface area contributed by atoms with Crippen molar-refractivity contribution >= 4 is 17.5 Å². The Morgan fingerprint density at radius 1 is 1.12 bits per heavy atom. The number of rotatable bonds is 5. The summed E-state index contributed by atoms with van der Waals surface area (Å²) in [7, 11) is 0. The van der Waals surface area contributed by atoms with Gasteiger partial charge in [0.25, 0.3) is 5.91 Å². The van der Waals surface area contributed by atoms with Crippen LogP contribution in [0, 0.1) is 5.82 Å². The van der Waals surface area contributed by atoms with Gasteiger partial charge in [-0.2, -0.15) is 0 Å². The average molecular weight is 338 g/mol. The first kappa shape index (κ1) is 16.4. The number of halogens is 1. The highest BCUT2D eigenvalue weighted by molar-refractivity contribution is 5.99. The number of hydrogen-bond acceptors (Lipinski definition) is 3. The molecule has 3 N–H and O–H groups in total. The van der Waals surface area contributed by atoms with Crippen LogP contribution in [0.3, 0.4) is 0 Å². The Labute approximate surface area is 143 Å². The normalized spacial score (nSPS) is 10.3. The maximum atomic E-state index is 13.1. The maximum absolute atomic E-state index is 13.1. The Morgan fingerprint density at radius 2 is 1.96 bits per heavy atom. The maximum Gasteiger partial charge on any atom is 0.251 e. The smallest absolute Gasteiger partial charge is 0.251 e. The molecule has 2 amide bonds. The van der Waals surface area contributed by atoms with Crippen molar-refractivity contribution in [2.24, 2.45) is 0 Å².